The third kappa shape index (κ3) is 3.03. The molecule has 0 aliphatic carbocycles. The van der Waals surface area contributed by atoms with Gasteiger partial charge in [0.05, 0.1) is 0 Å². The van der Waals surface area contributed by atoms with Gasteiger partial charge in [-0.3, -0.25) is 0 Å². The maximum atomic E-state index is 11.8. The lowest BCUT2D eigenvalue weighted by atomic mass is 9.86. The Labute approximate surface area is 69.2 Å². The van der Waals surface area contributed by atoms with Crippen LogP contribution in [0.15, 0.2) is 18.5 Å². The van der Waals surface area contributed by atoms with Gasteiger partial charge in [-0.15, -0.1) is 0 Å². The highest BCUT2D eigenvalue weighted by Crippen LogP contribution is 2.15. The minimum Gasteiger partial charge on any atom is -0.449 e. The Bertz CT molecular complexity index is 253. The maximum Gasteiger partial charge on any atom is 0.480 e. The Kier molecular flexibility index (Phi) is 2.50. The van der Waals surface area contributed by atoms with Crippen LogP contribution in [0, 0.1) is 6.92 Å². The van der Waals surface area contributed by atoms with E-state index in [0.29, 0.717) is 0 Å². The summed E-state index contributed by atoms with van der Waals surface area (Å²) in [6.45, 7) is -2.74. The van der Waals surface area contributed by atoms with Crippen molar-refractivity contribution < 1.29 is 12.9 Å². The minimum atomic E-state index is -4.64. The van der Waals surface area contributed by atoms with Crippen LogP contribution in [-0.4, -0.2) is 11.5 Å². The predicted octanol–water partition coefficient (Wildman–Crippen LogP) is 2.64. The largest absolute Gasteiger partial charge is 0.480 e. The van der Waals surface area contributed by atoms with E-state index < -0.39 is 13.3 Å². The molecule has 0 saturated heterocycles. The Hall–Kier alpha value is -0.865. The molecule has 1 aromatic rings. The summed E-state index contributed by atoms with van der Waals surface area (Å²) < 4.78 is 37.0. The first-order valence-corrected chi connectivity index (χ1v) is 3.81. The van der Waals surface area contributed by atoms with Gasteiger partial charge in [0, 0.05) is 12.4 Å². The van der Waals surface area contributed by atoms with Gasteiger partial charge in [0.25, 0.3) is 0 Å². The molecular weight excluding hydrogens is 166 g/mol. The lowest BCUT2D eigenvalue weighted by Crippen LogP contribution is -2.16. The second-order valence-corrected chi connectivity index (χ2v) is 2.93. The fourth-order valence-electron chi connectivity index (χ4n) is 0.995. The lowest BCUT2D eigenvalue weighted by molar-refractivity contribution is 0.458. The molecule has 0 N–H and O–H groups in total. The molecule has 0 spiro atoms. The maximum absolute atomic E-state index is 11.8. The zero-order valence-electron chi connectivity index (χ0n) is 6.80. The predicted molar refractivity (Wildman–Crippen MR) is 43.1 cm³/mol. The van der Waals surface area contributed by atoms with E-state index in [1.807, 2.05) is 6.92 Å². The van der Waals surface area contributed by atoms with Gasteiger partial charge < -0.3 is 17.5 Å². The Morgan fingerprint density at radius 2 is 2.08 bits per heavy atom. The summed E-state index contributed by atoms with van der Waals surface area (Å²) in [5, 5.41) is 0. The molecule has 0 aliphatic heterocycles. The minimum absolute atomic E-state index is 0.0390. The van der Waals surface area contributed by atoms with Gasteiger partial charge in [-0.05, 0) is 25.1 Å². The van der Waals surface area contributed by atoms with E-state index >= 15 is 0 Å². The Balaban J connectivity index is 2.44. The number of halogens is 3. The number of rotatable bonds is 3. The van der Waals surface area contributed by atoms with Crippen molar-refractivity contribution in [3.63, 3.8) is 0 Å². The number of aryl methyl sites for hydroxylation is 2. The summed E-state index contributed by atoms with van der Waals surface area (Å²) in [6.07, 6.45) is 2.67. The molecule has 0 fully saturated rings. The van der Waals surface area contributed by atoms with E-state index in [0.717, 1.165) is 5.56 Å². The highest BCUT2D eigenvalue weighted by molar-refractivity contribution is 6.58. The summed E-state index contributed by atoms with van der Waals surface area (Å²) in [5.74, 6) is 0. The quantitative estimate of drug-likeness (QED) is 0.623. The Morgan fingerprint density at radius 1 is 1.42 bits per heavy atom. The van der Waals surface area contributed by atoms with E-state index in [9.17, 15) is 12.9 Å². The number of hydrogen-bond donors (Lipinski definition) is 0. The van der Waals surface area contributed by atoms with Gasteiger partial charge in [-0.2, -0.15) is 0 Å². The van der Waals surface area contributed by atoms with E-state index in [2.05, 4.69) is 0 Å². The van der Waals surface area contributed by atoms with Gasteiger partial charge >= 0.3 is 6.98 Å². The fourth-order valence-corrected chi connectivity index (χ4v) is 0.995. The highest BCUT2D eigenvalue weighted by atomic mass is 19.4. The molecule has 0 radical (unpaired) electrons. The molecule has 0 amide bonds. The SMILES string of the molecule is Cc1ccn(CC[B-](F)(F)F)c1. The van der Waals surface area contributed by atoms with E-state index in [-0.39, 0.29) is 6.54 Å². The highest BCUT2D eigenvalue weighted by Gasteiger charge is 2.21. The normalized spacial score (nSPS) is 12.0. The van der Waals surface area contributed by atoms with Crippen LogP contribution < -0.4 is 0 Å². The van der Waals surface area contributed by atoms with Crippen LogP contribution in [0.4, 0.5) is 12.9 Å². The third-order valence-corrected chi connectivity index (χ3v) is 1.61. The second kappa shape index (κ2) is 3.25. The van der Waals surface area contributed by atoms with E-state index in [4.69, 9.17) is 0 Å². The van der Waals surface area contributed by atoms with Crippen molar-refractivity contribution in [2.24, 2.45) is 0 Å². The molecule has 0 bridgehead atoms. The van der Waals surface area contributed by atoms with Crippen LogP contribution in [0.25, 0.3) is 0 Å². The molecular formula is C7H10BF3N-. The average molecular weight is 176 g/mol. The summed E-state index contributed by atoms with van der Waals surface area (Å²) >= 11 is 0. The summed E-state index contributed by atoms with van der Waals surface area (Å²) in [4.78, 5) is 0. The first-order valence-electron chi connectivity index (χ1n) is 3.81. The van der Waals surface area contributed by atoms with E-state index in [1.165, 1.54) is 0 Å². The summed E-state index contributed by atoms with van der Waals surface area (Å²) in [5.41, 5.74) is 0.990. The van der Waals surface area contributed by atoms with Gasteiger partial charge in [0.15, 0.2) is 0 Å². The van der Waals surface area contributed by atoms with E-state index in [1.54, 1.807) is 23.0 Å². The molecule has 12 heavy (non-hydrogen) atoms. The standard InChI is InChI=1S/C7H10BF3N/c1-7-2-4-12(6-7)5-3-8(9,10)11/h2,4,6H,3,5H2,1H3/q-1. The van der Waals surface area contributed by atoms with Crippen molar-refractivity contribution in [3.8, 4) is 0 Å². The number of hydrogen-bond acceptors (Lipinski definition) is 0. The first-order chi connectivity index (χ1) is 5.47. The molecule has 0 aliphatic rings. The zero-order chi connectivity index (χ0) is 9.19. The van der Waals surface area contributed by atoms with Gasteiger partial charge in [-0.25, -0.2) is 0 Å². The molecule has 0 saturated carbocycles. The molecule has 0 unspecified atom stereocenters. The summed E-state index contributed by atoms with van der Waals surface area (Å²) in [7, 11) is 0. The monoisotopic (exact) mass is 176 g/mol. The number of nitrogens with zero attached hydrogens (tertiary/aromatic N) is 1. The number of aromatic nitrogens is 1. The first kappa shape index (κ1) is 9.22. The molecule has 1 rings (SSSR count). The van der Waals surface area contributed by atoms with Crippen LogP contribution in [0.5, 0.6) is 0 Å². The van der Waals surface area contributed by atoms with Crippen LogP contribution in [-0.2, 0) is 6.54 Å². The second-order valence-electron chi connectivity index (χ2n) is 2.93. The molecule has 0 aromatic carbocycles. The van der Waals surface area contributed by atoms with Crippen LogP contribution >= 0.6 is 0 Å². The molecule has 1 nitrogen and oxygen atoms in total. The fraction of sp³-hybridized carbons (Fsp3) is 0.429. The molecule has 68 valence electrons. The molecule has 5 heteroatoms. The van der Waals surface area contributed by atoms with Crippen LogP contribution in [0.2, 0.25) is 6.32 Å². The average Bonchev–Trinajstić information content (AvgIpc) is 2.30. The van der Waals surface area contributed by atoms with Crippen molar-refractivity contribution in [1.29, 1.82) is 0 Å². The van der Waals surface area contributed by atoms with Gasteiger partial charge in [0.1, 0.15) is 0 Å². The topological polar surface area (TPSA) is 4.93 Å². The lowest BCUT2D eigenvalue weighted by Gasteiger charge is -2.13. The third-order valence-electron chi connectivity index (χ3n) is 1.61. The van der Waals surface area contributed by atoms with Crippen molar-refractivity contribution in [2.75, 3.05) is 0 Å². The van der Waals surface area contributed by atoms with Crippen molar-refractivity contribution in [1.82, 2.24) is 4.57 Å². The Morgan fingerprint density at radius 3 is 2.50 bits per heavy atom. The molecule has 1 heterocycles. The van der Waals surface area contributed by atoms with Crippen molar-refractivity contribution in [3.05, 3.63) is 24.0 Å². The van der Waals surface area contributed by atoms with Crippen molar-refractivity contribution >= 4 is 6.98 Å². The zero-order valence-corrected chi connectivity index (χ0v) is 6.80. The molecule has 0 atom stereocenters. The van der Waals surface area contributed by atoms with Gasteiger partial charge in [0.2, 0.25) is 0 Å². The smallest absolute Gasteiger partial charge is 0.449 e. The molecule has 1 aromatic heterocycles. The van der Waals surface area contributed by atoms with Crippen LogP contribution in [0.3, 0.4) is 0 Å². The van der Waals surface area contributed by atoms with Crippen molar-refractivity contribution in [2.45, 2.75) is 19.8 Å². The van der Waals surface area contributed by atoms with Crippen LogP contribution in [0.1, 0.15) is 5.56 Å². The summed E-state index contributed by atoms with van der Waals surface area (Å²) in [6, 6.07) is 1.80. The van der Waals surface area contributed by atoms with Gasteiger partial charge in [-0.1, -0.05) is 6.32 Å².